The standard InChI is InChI=1S/C13H17O/c1-2-3-4-5-7-12-8-6-9-13(10-12)11-14/h6,8-10H,2-5,7H2,1H3. The summed E-state index contributed by atoms with van der Waals surface area (Å²) in [5.74, 6) is 0. The van der Waals surface area contributed by atoms with E-state index in [0.717, 1.165) is 6.42 Å². The highest BCUT2D eigenvalue weighted by Gasteiger charge is 1.95. The largest absolute Gasteiger partial charge is 0.285 e. The second kappa shape index (κ2) is 6.36. The summed E-state index contributed by atoms with van der Waals surface area (Å²) in [4.78, 5) is 10.4. The maximum absolute atomic E-state index is 10.4. The van der Waals surface area contributed by atoms with Crippen LogP contribution in [0.15, 0.2) is 24.3 Å². The molecule has 0 amide bonds. The fraction of sp³-hybridized carbons (Fsp3) is 0.462. The van der Waals surface area contributed by atoms with E-state index in [2.05, 4.69) is 13.0 Å². The van der Waals surface area contributed by atoms with Gasteiger partial charge in [0.15, 0.2) is 0 Å². The van der Waals surface area contributed by atoms with Crippen LogP contribution in [0.5, 0.6) is 0 Å². The Labute approximate surface area is 86.1 Å². The molecule has 1 aromatic carbocycles. The molecule has 0 aromatic heterocycles. The molecule has 1 heteroatoms. The molecule has 0 aliphatic carbocycles. The molecule has 0 atom stereocenters. The quantitative estimate of drug-likeness (QED) is 0.628. The summed E-state index contributed by atoms with van der Waals surface area (Å²) in [6.07, 6.45) is 8.07. The van der Waals surface area contributed by atoms with Gasteiger partial charge in [-0.3, -0.25) is 4.79 Å². The van der Waals surface area contributed by atoms with Crippen LogP contribution in [0.2, 0.25) is 0 Å². The highest BCUT2D eigenvalue weighted by atomic mass is 16.1. The van der Waals surface area contributed by atoms with Gasteiger partial charge in [0.05, 0.1) is 0 Å². The summed E-state index contributed by atoms with van der Waals surface area (Å²) in [5, 5.41) is 0. The molecular formula is C13H17O. The third-order valence-electron chi connectivity index (χ3n) is 2.36. The van der Waals surface area contributed by atoms with E-state index in [1.54, 1.807) is 6.07 Å². The molecule has 0 aliphatic heterocycles. The van der Waals surface area contributed by atoms with Crippen molar-refractivity contribution in [1.29, 1.82) is 0 Å². The lowest BCUT2D eigenvalue weighted by Gasteiger charge is -2.01. The molecule has 1 rings (SSSR count). The molecule has 0 heterocycles. The number of hydrogen-bond donors (Lipinski definition) is 0. The van der Waals surface area contributed by atoms with E-state index in [0.29, 0.717) is 5.56 Å². The summed E-state index contributed by atoms with van der Waals surface area (Å²) in [5.41, 5.74) is 1.92. The summed E-state index contributed by atoms with van der Waals surface area (Å²) in [6.45, 7) is 2.21. The highest BCUT2D eigenvalue weighted by Crippen LogP contribution is 2.09. The average molecular weight is 189 g/mol. The maximum atomic E-state index is 10.4. The van der Waals surface area contributed by atoms with E-state index in [1.807, 2.05) is 18.4 Å². The number of hydrogen-bond acceptors (Lipinski definition) is 1. The molecular weight excluding hydrogens is 172 g/mol. The minimum atomic E-state index is 0.665. The highest BCUT2D eigenvalue weighted by molar-refractivity contribution is 5.75. The van der Waals surface area contributed by atoms with Gasteiger partial charge < -0.3 is 0 Å². The summed E-state index contributed by atoms with van der Waals surface area (Å²) in [6, 6.07) is 7.73. The number of aryl methyl sites for hydroxylation is 1. The third kappa shape index (κ3) is 3.73. The van der Waals surface area contributed by atoms with Crippen LogP contribution in [-0.2, 0) is 11.2 Å². The van der Waals surface area contributed by atoms with Gasteiger partial charge in [-0.1, -0.05) is 44.4 Å². The van der Waals surface area contributed by atoms with Gasteiger partial charge in [0.25, 0.3) is 0 Å². The van der Waals surface area contributed by atoms with Gasteiger partial charge in [0.1, 0.15) is 0 Å². The van der Waals surface area contributed by atoms with Gasteiger partial charge in [0.2, 0.25) is 6.29 Å². The normalized spacial score (nSPS) is 10.1. The monoisotopic (exact) mass is 189 g/mol. The Morgan fingerprint density at radius 2 is 2.07 bits per heavy atom. The van der Waals surface area contributed by atoms with Crippen LogP contribution in [-0.4, -0.2) is 6.29 Å². The lowest BCUT2D eigenvalue weighted by atomic mass is 10.0. The predicted molar refractivity (Wildman–Crippen MR) is 59.1 cm³/mol. The zero-order valence-electron chi connectivity index (χ0n) is 8.75. The zero-order valence-corrected chi connectivity index (χ0v) is 8.75. The summed E-state index contributed by atoms with van der Waals surface area (Å²) in [7, 11) is 0. The van der Waals surface area contributed by atoms with Crippen molar-refractivity contribution in [3.63, 3.8) is 0 Å². The Morgan fingerprint density at radius 1 is 1.21 bits per heavy atom. The van der Waals surface area contributed by atoms with Crippen molar-refractivity contribution < 1.29 is 4.79 Å². The molecule has 75 valence electrons. The van der Waals surface area contributed by atoms with Gasteiger partial charge in [-0.15, -0.1) is 0 Å². The molecule has 0 saturated heterocycles. The van der Waals surface area contributed by atoms with Crippen LogP contribution >= 0.6 is 0 Å². The van der Waals surface area contributed by atoms with Gasteiger partial charge in [-0.2, -0.15) is 0 Å². The smallest absolute Gasteiger partial charge is 0.233 e. The van der Waals surface area contributed by atoms with Crippen molar-refractivity contribution in [3.05, 3.63) is 35.4 Å². The van der Waals surface area contributed by atoms with Gasteiger partial charge in [-0.25, -0.2) is 0 Å². The Hall–Kier alpha value is -1.11. The maximum Gasteiger partial charge on any atom is 0.233 e. The van der Waals surface area contributed by atoms with Crippen molar-refractivity contribution in [2.75, 3.05) is 0 Å². The van der Waals surface area contributed by atoms with Crippen LogP contribution in [0.1, 0.15) is 43.7 Å². The van der Waals surface area contributed by atoms with Crippen molar-refractivity contribution >= 4 is 6.29 Å². The molecule has 0 spiro atoms. The Morgan fingerprint density at radius 3 is 2.79 bits per heavy atom. The first-order chi connectivity index (χ1) is 6.86. The molecule has 0 N–H and O–H groups in total. The van der Waals surface area contributed by atoms with Gasteiger partial charge in [-0.05, 0) is 24.5 Å². The molecule has 1 radical (unpaired) electrons. The van der Waals surface area contributed by atoms with Gasteiger partial charge in [0, 0.05) is 5.56 Å². The summed E-state index contributed by atoms with van der Waals surface area (Å²) < 4.78 is 0. The van der Waals surface area contributed by atoms with E-state index in [4.69, 9.17) is 0 Å². The second-order valence-corrected chi connectivity index (χ2v) is 3.61. The minimum absolute atomic E-state index is 0.665. The first kappa shape index (κ1) is 11.0. The van der Waals surface area contributed by atoms with Crippen molar-refractivity contribution in [2.45, 2.75) is 39.0 Å². The molecule has 0 aliphatic rings. The molecule has 0 bridgehead atoms. The fourth-order valence-corrected chi connectivity index (χ4v) is 1.55. The topological polar surface area (TPSA) is 17.1 Å². The van der Waals surface area contributed by atoms with E-state index in [1.165, 1.54) is 31.2 Å². The number of unbranched alkanes of at least 4 members (excludes halogenated alkanes) is 3. The third-order valence-corrected chi connectivity index (χ3v) is 2.36. The van der Waals surface area contributed by atoms with Crippen molar-refractivity contribution in [1.82, 2.24) is 0 Å². The van der Waals surface area contributed by atoms with E-state index in [-0.39, 0.29) is 0 Å². The molecule has 1 nitrogen and oxygen atoms in total. The average Bonchev–Trinajstić information content (AvgIpc) is 2.25. The molecule has 0 fully saturated rings. The number of rotatable bonds is 6. The Balaban J connectivity index is 2.38. The Kier molecular flexibility index (Phi) is 4.98. The molecule has 1 aromatic rings. The fourth-order valence-electron chi connectivity index (χ4n) is 1.55. The van der Waals surface area contributed by atoms with Crippen LogP contribution in [0.4, 0.5) is 0 Å². The molecule has 14 heavy (non-hydrogen) atoms. The van der Waals surface area contributed by atoms with Crippen LogP contribution < -0.4 is 0 Å². The first-order valence-corrected chi connectivity index (χ1v) is 5.34. The van der Waals surface area contributed by atoms with E-state index in [9.17, 15) is 4.79 Å². The van der Waals surface area contributed by atoms with E-state index < -0.39 is 0 Å². The van der Waals surface area contributed by atoms with Crippen LogP contribution in [0.3, 0.4) is 0 Å². The lowest BCUT2D eigenvalue weighted by Crippen LogP contribution is -1.88. The van der Waals surface area contributed by atoms with Crippen LogP contribution in [0, 0.1) is 0 Å². The van der Waals surface area contributed by atoms with Crippen molar-refractivity contribution in [2.24, 2.45) is 0 Å². The first-order valence-electron chi connectivity index (χ1n) is 5.34. The van der Waals surface area contributed by atoms with Gasteiger partial charge >= 0.3 is 0 Å². The SMILES string of the molecule is CCCCCCc1cccc([C]=O)c1. The number of carbonyl (C=O) groups excluding carboxylic acids is 1. The van der Waals surface area contributed by atoms with E-state index >= 15 is 0 Å². The predicted octanol–water partition coefficient (Wildman–Crippen LogP) is 3.27. The lowest BCUT2D eigenvalue weighted by molar-refractivity contribution is 0.562. The number of benzene rings is 1. The summed E-state index contributed by atoms with van der Waals surface area (Å²) >= 11 is 0. The second-order valence-electron chi connectivity index (χ2n) is 3.61. The van der Waals surface area contributed by atoms with Crippen LogP contribution in [0.25, 0.3) is 0 Å². The minimum Gasteiger partial charge on any atom is -0.285 e. The zero-order chi connectivity index (χ0) is 10.2. The van der Waals surface area contributed by atoms with Crippen molar-refractivity contribution in [3.8, 4) is 0 Å². The Bertz CT molecular complexity index is 278. The molecule has 0 saturated carbocycles. The molecule has 0 unspecified atom stereocenters.